The van der Waals surface area contributed by atoms with E-state index in [1.807, 2.05) is 43.3 Å². The molecule has 0 radical (unpaired) electrons. The Bertz CT molecular complexity index is 579. The van der Waals surface area contributed by atoms with Crippen LogP contribution in [0.1, 0.15) is 5.82 Å². The van der Waals surface area contributed by atoms with Gasteiger partial charge in [-0.2, -0.15) is 5.10 Å². The zero-order chi connectivity index (χ0) is 13.7. The van der Waals surface area contributed by atoms with Gasteiger partial charge in [0.25, 0.3) is 0 Å². The van der Waals surface area contributed by atoms with Crippen molar-refractivity contribution in [2.24, 2.45) is 0 Å². The molecule has 2 aromatic rings. The van der Waals surface area contributed by atoms with E-state index in [4.69, 9.17) is 17.0 Å². The van der Waals surface area contributed by atoms with Gasteiger partial charge in [-0.05, 0) is 24.4 Å². The molecule has 0 aliphatic rings. The number of H-pyrrole nitrogens is 2. The predicted octanol–water partition coefficient (Wildman–Crippen LogP) is 2.80. The van der Waals surface area contributed by atoms with Crippen LogP contribution in [-0.4, -0.2) is 35.2 Å². The zero-order valence-corrected chi connectivity index (χ0v) is 12.5. The molecule has 102 valence electrons. The Morgan fingerprint density at radius 3 is 2.84 bits per heavy atom. The number of benzene rings is 1. The van der Waals surface area contributed by atoms with Crippen molar-refractivity contribution >= 4 is 29.7 Å². The molecule has 5 nitrogen and oxygen atoms in total. The molecule has 7 heteroatoms. The largest absolute Gasteiger partial charge is 0.481 e. The number of aromatic amines is 2. The predicted molar refractivity (Wildman–Crippen MR) is 81.3 cm³/mol. The fraction of sp³-hybridized carbons (Fsp3) is 0.333. The van der Waals surface area contributed by atoms with Crippen LogP contribution in [0.4, 0.5) is 5.69 Å². The highest BCUT2D eigenvalue weighted by molar-refractivity contribution is 7.98. The van der Waals surface area contributed by atoms with E-state index >= 15 is 0 Å². The van der Waals surface area contributed by atoms with Gasteiger partial charge < -0.3 is 14.6 Å². The Hall–Kier alpha value is -1.47. The van der Waals surface area contributed by atoms with E-state index in [0.717, 1.165) is 23.0 Å². The van der Waals surface area contributed by atoms with E-state index in [1.54, 1.807) is 11.8 Å². The zero-order valence-electron chi connectivity index (χ0n) is 10.8. The Labute approximate surface area is 121 Å². The number of ether oxygens (including phenoxy) is 1. The maximum Gasteiger partial charge on any atom is 0.192 e. The van der Waals surface area contributed by atoms with Gasteiger partial charge in [-0.3, -0.25) is 5.10 Å². The summed E-state index contributed by atoms with van der Waals surface area (Å²) < 4.78 is 6.32. The Balaban J connectivity index is 1.84. The fourth-order valence-corrected chi connectivity index (χ4v) is 2.35. The van der Waals surface area contributed by atoms with Gasteiger partial charge in [0.05, 0.1) is 11.4 Å². The van der Waals surface area contributed by atoms with Crippen molar-refractivity contribution < 1.29 is 4.74 Å². The minimum absolute atomic E-state index is 0.550. The number of nitrogens with one attached hydrogen (secondary N) is 2. The quantitative estimate of drug-likeness (QED) is 0.488. The van der Waals surface area contributed by atoms with Crippen LogP contribution in [0.2, 0.25) is 0 Å². The maximum absolute atomic E-state index is 5.77. The van der Waals surface area contributed by atoms with Crippen molar-refractivity contribution in [2.75, 3.05) is 24.9 Å². The third-order valence-corrected chi connectivity index (χ3v) is 3.39. The van der Waals surface area contributed by atoms with Crippen LogP contribution in [0.5, 0.6) is 5.75 Å². The lowest BCUT2D eigenvalue weighted by molar-refractivity contribution is 0.393. The van der Waals surface area contributed by atoms with Gasteiger partial charge >= 0.3 is 0 Å². The summed E-state index contributed by atoms with van der Waals surface area (Å²) in [6, 6.07) is 7.97. The van der Waals surface area contributed by atoms with Gasteiger partial charge in [0.15, 0.2) is 4.77 Å². The standard InChI is InChI=1S/C12H16N4OS2/c1-16(2)9-5-3-4-6-10(9)17-8-19-7-11-13-12(18)15-14-11/h3-6H,7-8H2,1-2H3,(H2,13,14,15,18). The van der Waals surface area contributed by atoms with Crippen LogP contribution < -0.4 is 9.64 Å². The average molecular weight is 296 g/mol. The number of nitrogens with zero attached hydrogens (tertiary/aromatic N) is 2. The molecule has 0 aliphatic carbocycles. The topological polar surface area (TPSA) is 56.9 Å². The highest BCUT2D eigenvalue weighted by atomic mass is 32.2. The van der Waals surface area contributed by atoms with Crippen LogP contribution in [0.3, 0.4) is 0 Å². The second-order valence-corrected chi connectivity index (χ2v) is 5.44. The first-order valence-corrected chi connectivity index (χ1v) is 7.33. The maximum atomic E-state index is 5.77. The first-order valence-electron chi connectivity index (χ1n) is 5.77. The van der Waals surface area contributed by atoms with Crippen molar-refractivity contribution in [3.63, 3.8) is 0 Å². The molecule has 1 heterocycles. The van der Waals surface area contributed by atoms with Crippen molar-refractivity contribution in [3.8, 4) is 5.75 Å². The second-order valence-electron chi connectivity index (χ2n) is 4.10. The molecule has 19 heavy (non-hydrogen) atoms. The first-order chi connectivity index (χ1) is 9.16. The Kier molecular flexibility index (Phi) is 4.86. The average Bonchev–Trinajstić information content (AvgIpc) is 2.81. The molecule has 1 aromatic carbocycles. The summed E-state index contributed by atoms with van der Waals surface area (Å²) in [6.45, 7) is 0. The molecule has 0 fully saturated rings. The Morgan fingerprint density at radius 1 is 1.37 bits per heavy atom. The molecule has 1 aromatic heterocycles. The van der Waals surface area contributed by atoms with Gasteiger partial charge in [-0.1, -0.05) is 12.1 Å². The first kappa shape index (κ1) is 14.0. The highest BCUT2D eigenvalue weighted by Gasteiger charge is 2.04. The molecular weight excluding hydrogens is 280 g/mol. The van der Waals surface area contributed by atoms with Crippen molar-refractivity contribution in [1.82, 2.24) is 15.2 Å². The number of thioether (sulfide) groups is 1. The third-order valence-electron chi connectivity index (χ3n) is 2.43. The summed E-state index contributed by atoms with van der Waals surface area (Å²) in [5.74, 6) is 3.02. The number of hydrogen-bond acceptors (Lipinski definition) is 5. The smallest absolute Gasteiger partial charge is 0.192 e. The summed E-state index contributed by atoms with van der Waals surface area (Å²) >= 11 is 6.55. The molecule has 0 spiro atoms. The summed E-state index contributed by atoms with van der Waals surface area (Å²) in [7, 11) is 4.00. The van der Waals surface area contributed by atoms with Crippen molar-refractivity contribution in [1.29, 1.82) is 0 Å². The van der Waals surface area contributed by atoms with Gasteiger partial charge in [0, 0.05) is 14.1 Å². The number of para-hydroxylation sites is 2. The minimum Gasteiger partial charge on any atom is -0.481 e. The molecule has 0 bridgehead atoms. The molecule has 2 rings (SSSR count). The lowest BCUT2D eigenvalue weighted by Crippen LogP contribution is -2.10. The van der Waals surface area contributed by atoms with Gasteiger partial charge in [0.1, 0.15) is 17.5 Å². The normalized spacial score (nSPS) is 10.4. The van der Waals surface area contributed by atoms with Crippen LogP contribution in [-0.2, 0) is 5.75 Å². The van der Waals surface area contributed by atoms with Gasteiger partial charge in [-0.15, -0.1) is 11.8 Å². The highest BCUT2D eigenvalue weighted by Crippen LogP contribution is 2.27. The number of rotatable bonds is 6. The van der Waals surface area contributed by atoms with Crippen LogP contribution in [0.15, 0.2) is 24.3 Å². The summed E-state index contributed by atoms with van der Waals surface area (Å²) in [4.78, 5) is 5.00. The molecule has 0 aliphatic heterocycles. The molecule has 0 amide bonds. The van der Waals surface area contributed by atoms with Gasteiger partial charge in [0.2, 0.25) is 0 Å². The summed E-state index contributed by atoms with van der Waals surface area (Å²) in [5, 5.41) is 6.74. The SMILES string of the molecule is CN(C)c1ccccc1OCSCc1n[nH]c(=S)[nH]1. The van der Waals surface area contributed by atoms with Crippen LogP contribution in [0, 0.1) is 4.77 Å². The molecular formula is C12H16N4OS2. The molecule has 0 saturated carbocycles. The monoisotopic (exact) mass is 296 g/mol. The van der Waals surface area contributed by atoms with Crippen LogP contribution >= 0.6 is 24.0 Å². The third kappa shape index (κ3) is 4.00. The van der Waals surface area contributed by atoms with E-state index in [1.165, 1.54) is 0 Å². The number of anilines is 1. The van der Waals surface area contributed by atoms with E-state index in [0.29, 0.717) is 10.7 Å². The van der Waals surface area contributed by atoms with E-state index < -0.39 is 0 Å². The van der Waals surface area contributed by atoms with E-state index in [-0.39, 0.29) is 0 Å². The molecule has 0 atom stereocenters. The van der Waals surface area contributed by atoms with E-state index in [9.17, 15) is 0 Å². The number of hydrogen-bond donors (Lipinski definition) is 2. The lowest BCUT2D eigenvalue weighted by Gasteiger charge is -2.17. The summed E-state index contributed by atoms with van der Waals surface area (Å²) in [5.41, 5.74) is 1.07. The van der Waals surface area contributed by atoms with Crippen molar-refractivity contribution in [3.05, 3.63) is 34.9 Å². The van der Waals surface area contributed by atoms with Gasteiger partial charge in [-0.25, -0.2) is 0 Å². The molecule has 0 saturated heterocycles. The minimum atomic E-state index is 0.550. The van der Waals surface area contributed by atoms with Crippen LogP contribution in [0.25, 0.3) is 0 Å². The summed E-state index contributed by atoms with van der Waals surface area (Å²) in [6.07, 6.45) is 0. The molecule has 0 unspecified atom stereocenters. The second kappa shape index (κ2) is 6.63. The number of aromatic nitrogens is 3. The van der Waals surface area contributed by atoms with Crippen molar-refractivity contribution in [2.45, 2.75) is 5.75 Å². The Morgan fingerprint density at radius 2 is 2.16 bits per heavy atom. The fourth-order valence-electron chi connectivity index (χ4n) is 1.57. The lowest BCUT2D eigenvalue weighted by atomic mass is 10.3. The molecule has 2 N–H and O–H groups in total. The van der Waals surface area contributed by atoms with E-state index in [2.05, 4.69) is 15.2 Å².